The van der Waals surface area contributed by atoms with E-state index in [0.29, 0.717) is 5.82 Å². The largest absolute Gasteiger partial charge is 0.767 e. The fourth-order valence-electron chi connectivity index (χ4n) is 0.607. The molecule has 1 aromatic heterocycles. The van der Waals surface area contributed by atoms with Crippen molar-refractivity contribution in [3.63, 3.8) is 0 Å². The van der Waals surface area contributed by atoms with Gasteiger partial charge in [0.25, 0.3) is 0 Å². The van der Waals surface area contributed by atoms with Crippen molar-refractivity contribution in [3.8, 4) is 0 Å². The Kier molecular flexibility index (Phi) is 5.57. The van der Waals surface area contributed by atoms with Gasteiger partial charge in [0, 0.05) is 13.2 Å². The first-order chi connectivity index (χ1) is 6.02. The molecule has 0 N–H and O–H groups in total. The van der Waals surface area contributed by atoms with E-state index in [2.05, 4.69) is 18.8 Å². The Labute approximate surface area is 81.3 Å². The van der Waals surface area contributed by atoms with Crippen LogP contribution >= 0.6 is 0 Å². The van der Waals surface area contributed by atoms with Crippen LogP contribution in [0.1, 0.15) is 26.1 Å². The van der Waals surface area contributed by atoms with Crippen LogP contribution < -0.4 is 0 Å². The minimum Gasteiger partial charge on any atom is -0.767 e. The van der Waals surface area contributed by atoms with Crippen LogP contribution in [0.2, 0.25) is 0 Å². The third-order valence-corrected chi connectivity index (χ3v) is 1.80. The van der Waals surface area contributed by atoms with Crippen molar-refractivity contribution < 1.29 is 8.76 Å². The third-order valence-electron chi connectivity index (χ3n) is 1.26. The van der Waals surface area contributed by atoms with E-state index in [1.165, 1.54) is 12.6 Å². The standard InChI is InChI=1S/C5H8N2O2S.C3H8/c1-4-6-5(10(8)9)3-7(4)2;1-3-2/h3H,1-2H3,(H,8,9);3H2,1-2H3/p-1. The van der Waals surface area contributed by atoms with Gasteiger partial charge in [-0.3, -0.25) is 4.21 Å². The Bertz CT molecular complexity index is 264. The molecule has 1 heterocycles. The van der Waals surface area contributed by atoms with E-state index in [1.54, 1.807) is 18.5 Å². The van der Waals surface area contributed by atoms with Crippen molar-refractivity contribution in [3.05, 3.63) is 12.0 Å². The fourth-order valence-corrected chi connectivity index (χ4v) is 1.06. The quantitative estimate of drug-likeness (QED) is 0.648. The number of aryl methyl sites for hydroxylation is 2. The predicted octanol–water partition coefficient (Wildman–Crippen LogP) is 1.38. The molecule has 0 radical (unpaired) electrons. The molecule has 0 aromatic carbocycles. The van der Waals surface area contributed by atoms with Crippen molar-refractivity contribution >= 4 is 11.1 Å². The summed E-state index contributed by atoms with van der Waals surface area (Å²) in [6.07, 6.45) is 2.72. The van der Waals surface area contributed by atoms with Crippen LogP contribution in [0.25, 0.3) is 0 Å². The lowest BCUT2D eigenvalue weighted by atomic mass is 10.6. The molecule has 1 aromatic rings. The van der Waals surface area contributed by atoms with E-state index >= 15 is 0 Å². The van der Waals surface area contributed by atoms with Gasteiger partial charge in [-0.05, 0) is 18.0 Å². The van der Waals surface area contributed by atoms with Gasteiger partial charge in [0.05, 0.1) is 0 Å². The Morgan fingerprint density at radius 3 is 2.23 bits per heavy atom. The first-order valence-corrected chi connectivity index (χ1v) is 5.19. The monoisotopic (exact) mass is 203 g/mol. The lowest BCUT2D eigenvalue weighted by Crippen LogP contribution is -1.87. The zero-order chi connectivity index (χ0) is 10.4. The Balaban J connectivity index is 0.000000424. The number of aromatic nitrogens is 2. The van der Waals surface area contributed by atoms with Crippen molar-refractivity contribution in [2.45, 2.75) is 32.2 Å². The van der Waals surface area contributed by atoms with Crippen LogP contribution in [0.5, 0.6) is 0 Å². The molecule has 0 saturated carbocycles. The maximum absolute atomic E-state index is 10.3. The number of nitrogens with zero attached hydrogens (tertiary/aromatic N) is 2. The van der Waals surface area contributed by atoms with Crippen molar-refractivity contribution in [1.82, 2.24) is 9.55 Å². The number of rotatable bonds is 1. The molecule has 5 heteroatoms. The fraction of sp³-hybridized carbons (Fsp3) is 0.625. The van der Waals surface area contributed by atoms with Crippen LogP contribution in [0.4, 0.5) is 0 Å². The van der Waals surface area contributed by atoms with E-state index in [9.17, 15) is 8.76 Å². The predicted molar refractivity (Wildman–Crippen MR) is 51.1 cm³/mol. The minimum atomic E-state index is -2.20. The average molecular weight is 203 g/mol. The highest BCUT2D eigenvalue weighted by Gasteiger charge is 1.98. The van der Waals surface area contributed by atoms with Crippen LogP contribution in [0.15, 0.2) is 11.2 Å². The number of imidazole rings is 1. The Morgan fingerprint density at radius 1 is 1.62 bits per heavy atom. The number of hydrogen-bond acceptors (Lipinski definition) is 3. The number of hydrogen-bond donors (Lipinski definition) is 0. The molecule has 0 aliphatic rings. The first kappa shape index (κ1) is 12.3. The van der Waals surface area contributed by atoms with Gasteiger partial charge in [-0.15, -0.1) is 0 Å². The normalized spacial score (nSPS) is 11.8. The lowest BCUT2D eigenvalue weighted by molar-refractivity contribution is 0.534. The molecule has 0 saturated heterocycles. The summed E-state index contributed by atoms with van der Waals surface area (Å²) in [5, 5.41) is 0.0972. The molecule has 1 atom stereocenters. The van der Waals surface area contributed by atoms with Crippen LogP contribution in [-0.4, -0.2) is 18.3 Å². The van der Waals surface area contributed by atoms with E-state index < -0.39 is 11.1 Å². The van der Waals surface area contributed by atoms with Gasteiger partial charge in [-0.25, -0.2) is 4.98 Å². The minimum absolute atomic E-state index is 0.0972. The summed E-state index contributed by atoms with van der Waals surface area (Å²) in [7, 11) is 1.75. The second kappa shape index (κ2) is 5.88. The Morgan fingerprint density at radius 2 is 2.08 bits per heavy atom. The molecule has 0 amide bonds. The van der Waals surface area contributed by atoms with E-state index in [1.807, 2.05) is 0 Å². The SMILES string of the molecule is CCC.Cc1nc(S(=O)[O-])cn1C. The molecule has 0 spiro atoms. The molecular weight excluding hydrogens is 188 g/mol. The van der Waals surface area contributed by atoms with Gasteiger partial charge in [-0.2, -0.15) is 0 Å². The summed E-state index contributed by atoms with van der Waals surface area (Å²) < 4.78 is 22.2. The summed E-state index contributed by atoms with van der Waals surface area (Å²) >= 11 is -2.20. The van der Waals surface area contributed by atoms with Gasteiger partial charge in [-0.1, -0.05) is 20.3 Å². The smallest absolute Gasteiger partial charge is 0.131 e. The lowest BCUT2D eigenvalue weighted by Gasteiger charge is -1.96. The molecule has 0 aliphatic heterocycles. The average Bonchev–Trinajstić information content (AvgIpc) is 2.34. The summed E-state index contributed by atoms with van der Waals surface area (Å²) in [4.78, 5) is 3.76. The van der Waals surface area contributed by atoms with Crippen molar-refractivity contribution in [2.24, 2.45) is 7.05 Å². The highest BCUT2D eigenvalue weighted by atomic mass is 32.2. The molecule has 1 unspecified atom stereocenters. The summed E-state index contributed by atoms with van der Waals surface area (Å²) in [5.41, 5.74) is 0. The summed E-state index contributed by atoms with van der Waals surface area (Å²) in [6, 6.07) is 0. The molecule has 76 valence electrons. The third kappa shape index (κ3) is 4.19. The second-order valence-electron chi connectivity index (χ2n) is 2.68. The molecule has 13 heavy (non-hydrogen) atoms. The van der Waals surface area contributed by atoms with Gasteiger partial charge >= 0.3 is 0 Å². The van der Waals surface area contributed by atoms with E-state index in [0.717, 1.165) is 0 Å². The molecule has 0 aliphatic carbocycles. The van der Waals surface area contributed by atoms with Crippen LogP contribution in [0.3, 0.4) is 0 Å². The second-order valence-corrected chi connectivity index (χ2v) is 3.57. The van der Waals surface area contributed by atoms with E-state index in [-0.39, 0.29) is 5.03 Å². The molecule has 0 bridgehead atoms. The van der Waals surface area contributed by atoms with Gasteiger partial charge in [0.2, 0.25) is 0 Å². The van der Waals surface area contributed by atoms with Gasteiger partial charge < -0.3 is 9.12 Å². The van der Waals surface area contributed by atoms with Crippen LogP contribution in [0, 0.1) is 6.92 Å². The highest BCUT2D eigenvalue weighted by molar-refractivity contribution is 7.79. The molecule has 1 rings (SSSR count). The Hall–Kier alpha value is -0.680. The molecular formula is C8H15N2O2S-. The van der Waals surface area contributed by atoms with Crippen LogP contribution in [-0.2, 0) is 18.1 Å². The summed E-state index contributed by atoms with van der Waals surface area (Å²) in [6.45, 7) is 6.00. The molecule has 4 nitrogen and oxygen atoms in total. The first-order valence-electron chi connectivity index (χ1n) is 4.12. The summed E-state index contributed by atoms with van der Waals surface area (Å²) in [5.74, 6) is 0.694. The maximum Gasteiger partial charge on any atom is 0.131 e. The highest BCUT2D eigenvalue weighted by Crippen LogP contribution is 2.02. The molecule has 0 fully saturated rings. The van der Waals surface area contributed by atoms with Gasteiger partial charge in [0.15, 0.2) is 0 Å². The maximum atomic E-state index is 10.3. The van der Waals surface area contributed by atoms with Gasteiger partial charge in [0.1, 0.15) is 10.9 Å². The van der Waals surface area contributed by atoms with Crippen molar-refractivity contribution in [1.29, 1.82) is 0 Å². The zero-order valence-corrected chi connectivity index (χ0v) is 9.22. The zero-order valence-electron chi connectivity index (χ0n) is 8.40. The van der Waals surface area contributed by atoms with E-state index in [4.69, 9.17) is 0 Å². The van der Waals surface area contributed by atoms with Crippen molar-refractivity contribution in [2.75, 3.05) is 0 Å². The topological polar surface area (TPSA) is 57.9 Å².